The molecular formula is C15H27N3. The topological polar surface area (TPSA) is 29.9 Å². The van der Waals surface area contributed by atoms with Crippen LogP contribution in [0.2, 0.25) is 0 Å². The Kier molecular flexibility index (Phi) is 5.24. The van der Waals surface area contributed by atoms with Crippen molar-refractivity contribution in [1.29, 1.82) is 0 Å². The van der Waals surface area contributed by atoms with Crippen LogP contribution in [0.3, 0.4) is 0 Å². The SMILES string of the molecule is CCCNC1CCCCCCC1n1cc(C)cn1. The summed E-state index contributed by atoms with van der Waals surface area (Å²) in [5, 5.41) is 8.28. The first-order valence-electron chi connectivity index (χ1n) is 7.55. The first-order chi connectivity index (χ1) is 8.81. The lowest BCUT2D eigenvalue weighted by Crippen LogP contribution is -2.39. The van der Waals surface area contributed by atoms with Crippen molar-refractivity contribution in [1.82, 2.24) is 15.1 Å². The van der Waals surface area contributed by atoms with Crippen LogP contribution < -0.4 is 5.32 Å². The Morgan fingerprint density at radius 1 is 1.28 bits per heavy atom. The number of rotatable bonds is 4. The van der Waals surface area contributed by atoms with E-state index in [2.05, 4.69) is 35.1 Å². The molecule has 2 unspecified atom stereocenters. The summed E-state index contributed by atoms with van der Waals surface area (Å²) in [6.45, 7) is 5.49. The van der Waals surface area contributed by atoms with Gasteiger partial charge in [0.15, 0.2) is 0 Å². The summed E-state index contributed by atoms with van der Waals surface area (Å²) >= 11 is 0. The third kappa shape index (κ3) is 3.58. The van der Waals surface area contributed by atoms with E-state index < -0.39 is 0 Å². The van der Waals surface area contributed by atoms with E-state index in [0.717, 1.165) is 6.54 Å². The van der Waals surface area contributed by atoms with E-state index in [-0.39, 0.29) is 0 Å². The molecule has 0 saturated heterocycles. The molecule has 0 radical (unpaired) electrons. The van der Waals surface area contributed by atoms with Gasteiger partial charge >= 0.3 is 0 Å². The molecule has 2 rings (SSSR count). The van der Waals surface area contributed by atoms with Gasteiger partial charge in [-0.2, -0.15) is 5.10 Å². The Hall–Kier alpha value is -0.830. The molecule has 0 spiro atoms. The van der Waals surface area contributed by atoms with E-state index in [0.29, 0.717) is 12.1 Å². The summed E-state index contributed by atoms with van der Waals surface area (Å²) in [4.78, 5) is 0. The van der Waals surface area contributed by atoms with Gasteiger partial charge < -0.3 is 5.32 Å². The third-order valence-electron chi connectivity index (χ3n) is 3.96. The highest BCUT2D eigenvalue weighted by atomic mass is 15.3. The molecule has 1 heterocycles. The number of nitrogens with one attached hydrogen (secondary N) is 1. The molecular weight excluding hydrogens is 222 g/mol. The zero-order valence-electron chi connectivity index (χ0n) is 11.9. The summed E-state index contributed by atoms with van der Waals surface area (Å²) < 4.78 is 2.20. The molecule has 3 heteroatoms. The minimum atomic E-state index is 0.547. The van der Waals surface area contributed by atoms with Crippen LogP contribution in [0.25, 0.3) is 0 Å². The van der Waals surface area contributed by atoms with Crippen LogP contribution in [0.1, 0.15) is 63.5 Å². The minimum Gasteiger partial charge on any atom is -0.312 e. The second kappa shape index (κ2) is 6.93. The Labute approximate surface area is 111 Å². The van der Waals surface area contributed by atoms with E-state index in [1.54, 1.807) is 0 Å². The van der Waals surface area contributed by atoms with Gasteiger partial charge in [-0.05, 0) is 38.3 Å². The predicted molar refractivity (Wildman–Crippen MR) is 75.8 cm³/mol. The smallest absolute Gasteiger partial charge is 0.0672 e. The molecule has 3 nitrogen and oxygen atoms in total. The minimum absolute atomic E-state index is 0.547. The molecule has 102 valence electrons. The fourth-order valence-corrected chi connectivity index (χ4v) is 2.96. The Morgan fingerprint density at radius 2 is 2.06 bits per heavy atom. The van der Waals surface area contributed by atoms with Crippen molar-refractivity contribution < 1.29 is 0 Å². The summed E-state index contributed by atoms with van der Waals surface area (Å²) in [5.41, 5.74) is 1.27. The maximum Gasteiger partial charge on any atom is 0.0672 e. The normalized spacial score (nSPS) is 25.7. The fourth-order valence-electron chi connectivity index (χ4n) is 2.96. The molecule has 1 aromatic heterocycles. The van der Waals surface area contributed by atoms with Gasteiger partial charge in [0.05, 0.1) is 12.2 Å². The number of nitrogens with zero attached hydrogens (tertiary/aromatic N) is 2. The highest BCUT2D eigenvalue weighted by molar-refractivity contribution is 5.01. The van der Waals surface area contributed by atoms with Crippen molar-refractivity contribution in [2.24, 2.45) is 0 Å². The summed E-state index contributed by atoms with van der Waals surface area (Å²) in [5.74, 6) is 0. The average molecular weight is 249 g/mol. The molecule has 2 atom stereocenters. The predicted octanol–water partition coefficient (Wildman–Crippen LogP) is 3.46. The quantitative estimate of drug-likeness (QED) is 0.885. The first-order valence-corrected chi connectivity index (χ1v) is 7.55. The highest BCUT2D eigenvalue weighted by Crippen LogP contribution is 2.26. The lowest BCUT2D eigenvalue weighted by Gasteiger charge is -2.30. The monoisotopic (exact) mass is 249 g/mol. The van der Waals surface area contributed by atoms with Crippen LogP contribution in [0, 0.1) is 6.92 Å². The summed E-state index contributed by atoms with van der Waals surface area (Å²) in [7, 11) is 0. The second-order valence-corrected chi connectivity index (χ2v) is 5.62. The Balaban J connectivity index is 2.08. The van der Waals surface area contributed by atoms with Gasteiger partial charge in [-0.1, -0.05) is 32.6 Å². The average Bonchev–Trinajstić information content (AvgIpc) is 2.75. The van der Waals surface area contributed by atoms with E-state index in [4.69, 9.17) is 0 Å². The van der Waals surface area contributed by atoms with Crippen molar-refractivity contribution in [3.63, 3.8) is 0 Å². The molecule has 0 amide bonds. The molecule has 0 bridgehead atoms. The largest absolute Gasteiger partial charge is 0.312 e. The highest BCUT2D eigenvalue weighted by Gasteiger charge is 2.24. The Bertz CT molecular complexity index is 343. The number of aryl methyl sites for hydroxylation is 1. The molecule has 1 aliphatic rings. The van der Waals surface area contributed by atoms with Crippen LogP contribution in [-0.4, -0.2) is 22.4 Å². The zero-order chi connectivity index (χ0) is 12.8. The van der Waals surface area contributed by atoms with Crippen molar-refractivity contribution in [2.45, 2.75) is 70.9 Å². The lowest BCUT2D eigenvalue weighted by molar-refractivity contribution is 0.267. The standard InChI is InChI=1S/C15H27N3/c1-3-10-16-14-8-6-4-5-7-9-15(14)18-12-13(2)11-17-18/h11-12,14-16H,3-10H2,1-2H3. The van der Waals surface area contributed by atoms with Gasteiger partial charge in [-0.3, -0.25) is 4.68 Å². The van der Waals surface area contributed by atoms with Crippen LogP contribution >= 0.6 is 0 Å². The van der Waals surface area contributed by atoms with E-state index in [1.807, 2.05) is 6.20 Å². The molecule has 0 aliphatic heterocycles. The van der Waals surface area contributed by atoms with E-state index in [1.165, 1.54) is 50.5 Å². The van der Waals surface area contributed by atoms with Crippen LogP contribution in [0.15, 0.2) is 12.4 Å². The van der Waals surface area contributed by atoms with Crippen molar-refractivity contribution in [3.8, 4) is 0 Å². The van der Waals surface area contributed by atoms with Gasteiger partial charge in [0.2, 0.25) is 0 Å². The lowest BCUT2D eigenvalue weighted by atomic mass is 9.92. The molecule has 0 aromatic carbocycles. The molecule has 1 aromatic rings. The maximum atomic E-state index is 4.55. The number of aromatic nitrogens is 2. The fraction of sp³-hybridized carbons (Fsp3) is 0.800. The summed E-state index contributed by atoms with van der Waals surface area (Å²) in [6.07, 6.45) is 13.4. The first kappa shape index (κ1) is 13.6. The van der Waals surface area contributed by atoms with Gasteiger partial charge in [0, 0.05) is 12.2 Å². The number of hydrogen-bond donors (Lipinski definition) is 1. The van der Waals surface area contributed by atoms with Crippen LogP contribution in [-0.2, 0) is 0 Å². The van der Waals surface area contributed by atoms with Gasteiger partial charge in [-0.15, -0.1) is 0 Å². The van der Waals surface area contributed by atoms with E-state index >= 15 is 0 Å². The van der Waals surface area contributed by atoms with Gasteiger partial charge in [0.25, 0.3) is 0 Å². The van der Waals surface area contributed by atoms with Crippen molar-refractivity contribution >= 4 is 0 Å². The second-order valence-electron chi connectivity index (χ2n) is 5.62. The molecule has 1 saturated carbocycles. The molecule has 1 N–H and O–H groups in total. The Morgan fingerprint density at radius 3 is 2.72 bits per heavy atom. The number of hydrogen-bond acceptors (Lipinski definition) is 2. The third-order valence-corrected chi connectivity index (χ3v) is 3.96. The zero-order valence-corrected chi connectivity index (χ0v) is 11.9. The molecule has 1 fully saturated rings. The van der Waals surface area contributed by atoms with Crippen molar-refractivity contribution in [3.05, 3.63) is 18.0 Å². The van der Waals surface area contributed by atoms with Crippen LogP contribution in [0.4, 0.5) is 0 Å². The summed E-state index contributed by atoms with van der Waals surface area (Å²) in [6, 6.07) is 1.15. The molecule has 18 heavy (non-hydrogen) atoms. The molecule has 1 aliphatic carbocycles. The van der Waals surface area contributed by atoms with Crippen LogP contribution in [0.5, 0.6) is 0 Å². The van der Waals surface area contributed by atoms with E-state index in [9.17, 15) is 0 Å². The van der Waals surface area contributed by atoms with Gasteiger partial charge in [0.1, 0.15) is 0 Å². The van der Waals surface area contributed by atoms with Crippen molar-refractivity contribution in [2.75, 3.05) is 6.54 Å². The maximum absolute atomic E-state index is 4.55. The van der Waals surface area contributed by atoms with Gasteiger partial charge in [-0.25, -0.2) is 0 Å².